The van der Waals surface area contributed by atoms with E-state index in [-0.39, 0.29) is 16.9 Å². The number of rotatable bonds is 4. The van der Waals surface area contributed by atoms with Gasteiger partial charge in [-0.1, -0.05) is 0 Å². The van der Waals surface area contributed by atoms with Gasteiger partial charge in [0.15, 0.2) is 9.84 Å². The normalized spacial score (nSPS) is 22.1. The number of hydrogen-bond donors (Lipinski definition) is 1. The summed E-state index contributed by atoms with van der Waals surface area (Å²) in [5.74, 6) is 0.223. The lowest BCUT2D eigenvalue weighted by Crippen LogP contribution is -2.39. The van der Waals surface area contributed by atoms with E-state index in [1.165, 1.54) is 24.3 Å². The summed E-state index contributed by atoms with van der Waals surface area (Å²) in [5, 5.41) is 9.23. The number of sulfone groups is 1. The van der Waals surface area contributed by atoms with E-state index in [9.17, 15) is 18.3 Å². The van der Waals surface area contributed by atoms with Crippen molar-refractivity contribution < 1.29 is 18.3 Å². The third-order valence-corrected chi connectivity index (χ3v) is 4.75. The standard InChI is InChI=1S/C14H19NO4S/c1-15(9-10-7-12(16)8-10)14(17)11-3-5-13(6-4-11)20(2,18)19/h3-6,10,12,16H,7-9H2,1-2H3. The van der Waals surface area contributed by atoms with Gasteiger partial charge in [0.25, 0.3) is 5.91 Å². The van der Waals surface area contributed by atoms with Crippen molar-refractivity contribution in [1.82, 2.24) is 4.90 Å². The largest absolute Gasteiger partial charge is 0.393 e. The second kappa shape index (κ2) is 5.54. The number of aliphatic hydroxyl groups is 1. The molecule has 6 heteroatoms. The molecule has 0 spiro atoms. The lowest BCUT2D eigenvalue weighted by Gasteiger charge is -2.34. The lowest BCUT2D eigenvalue weighted by molar-refractivity contribution is 0.0265. The molecule has 1 aromatic rings. The quantitative estimate of drug-likeness (QED) is 0.897. The molecule has 0 heterocycles. The monoisotopic (exact) mass is 297 g/mol. The second-order valence-electron chi connectivity index (χ2n) is 5.47. The van der Waals surface area contributed by atoms with E-state index in [4.69, 9.17) is 0 Å². The van der Waals surface area contributed by atoms with Crippen molar-refractivity contribution >= 4 is 15.7 Å². The van der Waals surface area contributed by atoms with Crippen LogP contribution >= 0.6 is 0 Å². The fourth-order valence-electron chi connectivity index (χ4n) is 2.38. The van der Waals surface area contributed by atoms with E-state index >= 15 is 0 Å². The molecule has 110 valence electrons. The van der Waals surface area contributed by atoms with Crippen molar-refractivity contribution in [3.8, 4) is 0 Å². The molecule has 1 N–H and O–H groups in total. The highest BCUT2D eigenvalue weighted by molar-refractivity contribution is 7.90. The Morgan fingerprint density at radius 1 is 1.30 bits per heavy atom. The number of hydrogen-bond acceptors (Lipinski definition) is 4. The van der Waals surface area contributed by atoms with Crippen LogP contribution in [0.1, 0.15) is 23.2 Å². The molecule has 20 heavy (non-hydrogen) atoms. The zero-order chi connectivity index (χ0) is 14.9. The molecule has 0 bridgehead atoms. The smallest absolute Gasteiger partial charge is 0.253 e. The van der Waals surface area contributed by atoms with Crippen LogP contribution in [0.4, 0.5) is 0 Å². The lowest BCUT2D eigenvalue weighted by atomic mass is 9.82. The number of benzene rings is 1. The van der Waals surface area contributed by atoms with Gasteiger partial charge in [0, 0.05) is 25.4 Å². The van der Waals surface area contributed by atoms with E-state index in [2.05, 4.69) is 0 Å². The fraction of sp³-hybridized carbons (Fsp3) is 0.500. The van der Waals surface area contributed by atoms with Gasteiger partial charge in [0.05, 0.1) is 11.0 Å². The molecular formula is C14H19NO4S. The van der Waals surface area contributed by atoms with Crippen molar-refractivity contribution in [3.63, 3.8) is 0 Å². The van der Waals surface area contributed by atoms with Gasteiger partial charge in [-0.05, 0) is 43.0 Å². The first-order valence-electron chi connectivity index (χ1n) is 6.51. The van der Waals surface area contributed by atoms with Crippen LogP contribution in [0.25, 0.3) is 0 Å². The van der Waals surface area contributed by atoms with Crippen molar-refractivity contribution in [3.05, 3.63) is 29.8 Å². The van der Waals surface area contributed by atoms with Crippen LogP contribution in [-0.4, -0.2) is 50.3 Å². The Bertz CT molecular complexity index is 588. The zero-order valence-corrected chi connectivity index (χ0v) is 12.4. The zero-order valence-electron chi connectivity index (χ0n) is 11.6. The van der Waals surface area contributed by atoms with Crippen molar-refractivity contribution in [2.75, 3.05) is 19.8 Å². The maximum absolute atomic E-state index is 12.2. The Labute approximate surface area is 119 Å². The van der Waals surface area contributed by atoms with Crippen LogP contribution in [0.2, 0.25) is 0 Å². The molecule has 0 aromatic heterocycles. The van der Waals surface area contributed by atoms with Crippen molar-refractivity contribution in [1.29, 1.82) is 0 Å². The van der Waals surface area contributed by atoms with Gasteiger partial charge in [-0.15, -0.1) is 0 Å². The molecule has 0 radical (unpaired) electrons. The van der Waals surface area contributed by atoms with E-state index in [1.54, 1.807) is 11.9 Å². The SMILES string of the molecule is CN(CC1CC(O)C1)C(=O)c1ccc(S(C)(=O)=O)cc1. The Hall–Kier alpha value is -1.40. The van der Waals surface area contributed by atoms with E-state index < -0.39 is 9.84 Å². The van der Waals surface area contributed by atoms with Gasteiger partial charge in [-0.25, -0.2) is 8.42 Å². The molecule has 1 amide bonds. The van der Waals surface area contributed by atoms with Gasteiger partial charge in [0.2, 0.25) is 0 Å². The minimum Gasteiger partial charge on any atom is -0.393 e. The minimum absolute atomic E-state index is 0.133. The molecule has 2 rings (SSSR count). The number of nitrogens with zero attached hydrogens (tertiary/aromatic N) is 1. The summed E-state index contributed by atoms with van der Waals surface area (Å²) in [4.78, 5) is 14.0. The molecule has 1 aliphatic rings. The molecule has 0 aliphatic heterocycles. The summed E-state index contributed by atoms with van der Waals surface area (Å²) < 4.78 is 22.7. The average Bonchev–Trinajstić information content (AvgIpc) is 2.35. The fourth-order valence-corrected chi connectivity index (χ4v) is 3.02. The molecule has 5 nitrogen and oxygen atoms in total. The summed E-state index contributed by atoms with van der Waals surface area (Å²) in [6.45, 7) is 0.615. The van der Waals surface area contributed by atoms with Crippen molar-refractivity contribution in [2.24, 2.45) is 5.92 Å². The number of amides is 1. The third kappa shape index (κ3) is 3.37. The Morgan fingerprint density at radius 2 is 1.85 bits per heavy atom. The second-order valence-corrected chi connectivity index (χ2v) is 7.49. The highest BCUT2D eigenvalue weighted by Crippen LogP contribution is 2.27. The summed E-state index contributed by atoms with van der Waals surface area (Å²) >= 11 is 0. The summed E-state index contributed by atoms with van der Waals surface area (Å²) in [6, 6.07) is 5.96. The van der Waals surface area contributed by atoms with Crippen molar-refractivity contribution in [2.45, 2.75) is 23.8 Å². The summed E-state index contributed by atoms with van der Waals surface area (Å²) in [7, 11) is -1.52. The maximum atomic E-state index is 12.2. The van der Waals surface area contributed by atoms with Crippen LogP contribution in [0.3, 0.4) is 0 Å². The first kappa shape index (κ1) is 15.0. The van der Waals surface area contributed by atoms with Gasteiger partial charge >= 0.3 is 0 Å². The van der Waals surface area contributed by atoms with Crippen LogP contribution in [0, 0.1) is 5.92 Å². The Kier molecular flexibility index (Phi) is 4.15. The molecule has 1 aliphatic carbocycles. The maximum Gasteiger partial charge on any atom is 0.253 e. The number of carbonyl (C=O) groups is 1. The van der Waals surface area contributed by atoms with E-state index in [0.29, 0.717) is 18.0 Å². The summed E-state index contributed by atoms with van der Waals surface area (Å²) in [5.41, 5.74) is 0.472. The van der Waals surface area contributed by atoms with Gasteiger partial charge in [-0.2, -0.15) is 0 Å². The average molecular weight is 297 g/mol. The van der Waals surface area contributed by atoms with E-state index in [1.807, 2.05) is 0 Å². The third-order valence-electron chi connectivity index (χ3n) is 3.62. The van der Waals surface area contributed by atoms with Gasteiger partial charge < -0.3 is 10.0 Å². The number of carbonyl (C=O) groups excluding carboxylic acids is 1. The molecule has 1 aromatic carbocycles. The van der Waals surface area contributed by atoms with Crippen LogP contribution in [0.5, 0.6) is 0 Å². The Morgan fingerprint density at radius 3 is 2.30 bits per heavy atom. The van der Waals surface area contributed by atoms with Crippen LogP contribution in [0.15, 0.2) is 29.2 Å². The first-order chi connectivity index (χ1) is 9.27. The summed E-state index contributed by atoms with van der Waals surface area (Å²) in [6.07, 6.45) is 2.39. The van der Waals surface area contributed by atoms with Crippen LogP contribution in [-0.2, 0) is 9.84 Å². The molecule has 1 fully saturated rings. The van der Waals surface area contributed by atoms with Gasteiger partial charge in [-0.3, -0.25) is 4.79 Å². The van der Waals surface area contributed by atoms with Gasteiger partial charge in [0.1, 0.15) is 0 Å². The number of aliphatic hydroxyl groups excluding tert-OH is 1. The highest BCUT2D eigenvalue weighted by Gasteiger charge is 2.29. The molecular weight excluding hydrogens is 278 g/mol. The van der Waals surface area contributed by atoms with E-state index in [0.717, 1.165) is 19.1 Å². The molecule has 1 saturated carbocycles. The molecule has 0 saturated heterocycles. The predicted molar refractivity (Wildman–Crippen MR) is 75.2 cm³/mol. The highest BCUT2D eigenvalue weighted by atomic mass is 32.2. The van der Waals surface area contributed by atoms with Crippen LogP contribution < -0.4 is 0 Å². The first-order valence-corrected chi connectivity index (χ1v) is 8.40. The predicted octanol–water partition coefficient (Wildman–Crippen LogP) is 0.933. The molecule has 0 unspecified atom stereocenters. The Balaban J connectivity index is 2.01. The molecule has 0 atom stereocenters. The minimum atomic E-state index is -3.24. The topological polar surface area (TPSA) is 74.7 Å².